The first-order valence-corrected chi connectivity index (χ1v) is 10.8. The summed E-state index contributed by atoms with van der Waals surface area (Å²) in [6.45, 7) is 0.487. The molecule has 0 saturated carbocycles. The van der Waals surface area contributed by atoms with Crippen molar-refractivity contribution in [3.8, 4) is 11.4 Å². The molecule has 0 spiro atoms. The number of nitrogen functional groups attached to an aromatic ring is 1. The Morgan fingerprint density at radius 1 is 0.742 bits per heavy atom. The smallest absolute Gasteiger partial charge is 0.159 e. The highest BCUT2D eigenvalue weighted by molar-refractivity contribution is 5.61. The van der Waals surface area contributed by atoms with E-state index in [1.54, 1.807) is 0 Å². The number of nitrogens with zero attached hydrogens (tertiary/aromatic N) is 2. The minimum Gasteiger partial charge on any atom is -0.399 e. The second-order valence-corrected chi connectivity index (χ2v) is 7.77. The minimum absolute atomic E-state index is 0.0249. The van der Waals surface area contributed by atoms with E-state index < -0.39 is 0 Å². The Kier molecular flexibility index (Phi) is 6.70. The fraction of sp³-hybridized carbons (Fsp3) is 0.185. The lowest BCUT2D eigenvalue weighted by atomic mass is 9.94. The highest BCUT2D eigenvalue weighted by atomic mass is 14.9. The van der Waals surface area contributed by atoms with Crippen LogP contribution in [-0.4, -0.2) is 16.5 Å². The fourth-order valence-electron chi connectivity index (χ4n) is 3.86. The standard InChI is InChI=1S/C27H28N4/c28-19-25(21-12-5-2-6-13-21)26-18-24(16-7-11-20-9-3-1-4-10-20)30-27(31-26)22-14-8-15-23(29)17-22/h1-6,8-10,12-15,17-18,25H,7,11,16,19,28-29H2. The summed E-state index contributed by atoms with van der Waals surface area (Å²) < 4.78 is 0. The molecule has 1 atom stereocenters. The zero-order valence-electron chi connectivity index (χ0n) is 17.6. The molecule has 0 aliphatic heterocycles. The van der Waals surface area contributed by atoms with Gasteiger partial charge in [-0.2, -0.15) is 0 Å². The van der Waals surface area contributed by atoms with Crippen LogP contribution in [0.5, 0.6) is 0 Å². The van der Waals surface area contributed by atoms with Crippen LogP contribution in [0.3, 0.4) is 0 Å². The van der Waals surface area contributed by atoms with E-state index in [9.17, 15) is 0 Å². The molecule has 0 fully saturated rings. The van der Waals surface area contributed by atoms with Crippen LogP contribution in [0.2, 0.25) is 0 Å². The number of benzene rings is 3. The molecule has 0 amide bonds. The lowest BCUT2D eigenvalue weighted by Gasteiger charge is -2.17. The summed E-state index contributed by atoms with van der Waals surface area (Å²) in [4.78, 5) is 9.79. The van der Waals surface area contributed by atoms with Gasteiger partial charge in [-0.25, -0.2) is 9.97 Å². The zero-order valence-corrected chi connectivity index (χ0v) is 17.6. The number of hydrogen-bond acceptors (Lipinski definition) is 4. The maximum absolute atomic E-state index is 6.20. The molecule has 4 rings (SSSR count). The number of rotatable bonds is 8. The number of hydrogen-bond donors (Lipinski definition) is 2. The predicted molar refractivity (Wildman–Crippen MR) is 128 cm³/mol. The molecule has 1 heterocycles. The molecule has 156 valence electrons. The summed E-state index contributed by atoms with van der Waals surface area (Å²) >= 11 is 0. The van der Waals surface area contributed by atoms with Crippen molar-refractivity contribution in [3.05, 3.63) is 114 Å². The third kappa shape index (κ3) is 5.36. The molecule has 1 unspecified atom stereocenters. The van der Waals surface area contributed by atoms with Gasteiger partial charge in [0.25, 0.3) is 0 Å². The molecule has 4 heteroatoms. The van der Waals surface area contributed by atoms with Gasteiger partial charge in [0, 0.05) is 29.4 Å². The van der Waals surface area contributed by atoms with Gasteiger partial charge in [0.05, 0.1) is 5.69 Å². The van der Waals surface area contributed by atoms with Crippen molar-refractivity contribution in [2.75, 3.05) is 12.3 Å². The second kappa shape index (κ2) is 10.0. The Labute approximate surface area is 184 Å². The van der Waals surface area contributed by atoms with Gasteiger partial charge in [0.1, 0.15) is 0 Å². The monoisotopic (exact) mass is 408 g/mol. The van der Waals surface area contributed by atoms with E-state index in [2.05, 4.69) is 48.5 Å². The Morgan fingerprint density at radius 3 is 2.19 bits per heavy atom. The van der Waals surface area contributed by atoms with Crippen molar-refractivity contribution in [2.45, 2.75) is 25.2 Å². The van der Waals surface area contributed by atoms with Gasteiger partial charge >= 0.3 is 0 Å². The number of aryl methyl sites for hydroxylation is 2. The van der Waals surface area contributed by atoms with Crippen LogP contribution in [0.1, 0.15) is 34.9 Å². The van der Waals surface area contributed by atoms with Gasteiger partial charge in [0.15, 0.2) is 5.82 Å². The summed E-state index contributed by atoms with van der Waals surface area (Å²) in [5.74, 6) is 0.728. The highest BCUT2D eigenvalue weighted by Crippen LogP contribution is 2.26. The van der Waals surface area contributed by atoms with Crippen LogP contribution < -0.4 is 11.5 Å². The molecule has 4 aromatic rings. The first-order valence-electron chi connectivity index (χ1n) is 10.8. The molecule has 0 radical (unpaired) electrons. The first kappa shape index (κ1) is 20.8. The molecular formula is C27H28N4. The maximum Gasteiger partial charge on any atom is 0.159 e. The van der Waals surface area contributed by atoms with E-state index in [4.69, 9.17) is 21.4 Å². The third-order valence-electron chi connectivity index (χ3n) is 5.48. The van der Waals surface area contributed by atoms with Crippen molar-refractivity contribution in [1.82, 2.24) is 9.97 Å². The molecule has 4 N–H and O–H groups in total. The quantitative estimate of drug-likeness (QED) is 0.403. The molecular weight excluding hydrogens is 380 g/mol. The summed E-state index contributed by atoms with van der Waals surface area (Å²) in [6, 6.07) is 30.7. The van der Waals surface area contributed by atoms with Crippen molar-refractivity contribution in [1.29, 1.82) is 0 Å². The predicted octanol–water partition coefficient (Wildman–Crippen LogP) is 4.99. The first-order chi connectivity index (χ1) is 15.2. The topological polar surface area (TPSA) is 77.8 Å². The van der Waals surface area contributed by atoms with Crippen LogP contribution >= 0.6 is 0 Å². The van der Waals surface area contributed by atoms with Crippen molar-refractivity contribution >= 4 is 5.69 Å². The van der Waals surface area contributed by atoms with Gasteiger partial charge < -0.3 is 11.5 Å². The van der Waals surface area contributed by atoms with Crippen LogP contribution in [0.15, 0.2) is 91.0 Å². The Bertz CT molecular complexity index is 1110. The van der Waals surface area contributed by atoms with Crippen LogP contribution in [-0.2, 0) is 12.8 Å². The molecule has 4 nitrogen and oxygen atoms in total. The molecule has 0 saturated heterocycles. The van der Waals surface area contributed by atoms with E-state index in [0.717, 1.165) is 41.8 Å². The largest absolute Gasteiger partial charge is 0.399 e. The Balaban J connectivity index is 1.66. The molecule has 31 heavy (non-hydrogen) atoms. The molecule has 0 aliphatic rings. The van der Waals surface area contributed by atoms with Crippen LogP contribution in [0, 0.1) is 0 Å². The van der Waals surface area contributed by atoms with Crippen molar-refractivity contribution in [2.24, 2.45) is 5.73 Å². The van der Waals surface area contributed by atoms with Gasteiger partial charge in [-0.3, -0.25) is 0 Å². The Morgan fingerprint density at radius 2 is 1.48 bits per heavy atom. The number of aromatic nitrogens is 2. The van der Waals surface area contributed by atoms with E-state index in [1.807, 2.05) is 42.5 Å². The molecule has 0 bridgehead atoms. The van der Waals surface area contributed by atoms with Gasteiger partial charge in [0.2, 0.25) is 0 Å². The minimum atomic E-state index is 0.0249. The SMILES string of the molecule is NCC(c1ccccc1)c1cc(CCCc2ccccc2)nc(-c2cccc(N)c2)n1. The molecule has 1 aromatic heterocycles. The zero-order chi connectivity index (χ0) is 21.5. The Hall–Kier alpha value is -3.50. The summed E-state index contributed by atoms with van der Waals surface area (Å²) in [5.41, 5.74) is 18.3. The summed E-state index contributed by atoms with van der Waals surface area (Å²) in [5, 5.41) is 0. The fourth-order valence-corrected chi connectivity index (χ4v) is 3.86. The van der Waals surface area contributed by atoms with Gasteiger partial charge in [-0.05, 0) is 48.6 Å². The van der Waals surface area contributed by atoms with Gasteiger partial charge in [-0.15, -0.1) is 0 Å². The average molecular weight is 409 g/mol. The van der Waals surface area contributed by atoms with E-state index in [-0.39, 0.29) is 5.92 Å². The lowest BCUT2D eigenvalue weighted by Crippen LogP contribution is -2.16. The van der Waals surface area contributed by atoms with E-state index >= 15 is 0 Å². The van der Waals surface area contributed by atoms with E-state index in [1.165, 1.54) is 5.56 Å². The summed E-state index contributed by atoms with van der Waals surface area (Å²) in [7, 11) is 0. The molecule has 0 aliphatic carbocycles. The lowest BCUT2D eigenvalue weighted by molar-refractivity contribution is 0.757. The second-order valence-electron chi connectivity index (χ2n) is 7.77. The van der Waals surface area contributed by atoms with Crippen molar-refractivity contribution in [3.63, 3.8) is 0 Å². The third-order valence-corrected chi connectivity index (χ3v) is 5.48. The number of nitrogens with two attached hydrogens (primary N) is 2. The van der Waals surface area contributed by atoms with Crippen LogP contribution in [0.4, 0.5) is 5.69 Å². The van der Waals surface area contributed by atoms with Crippen LogP contribution in [0.25, 0.3) is 11.4 Å². The average Bonchev–Trinajstić information content (AvgIpc) is 2.81. The normalized spacial score (nSPS) is 11.9. The van der Waals surface area contributed by atoms with Gasteiger partial charge in [-0.1, -0.05) is 72.8 Å². The molecule has 3 aromatic carbocycles. The van der Waals surface area contributed by atoms with E-state index in [0.29, 0.717) is 18.1 Å². The van der Waals surface area contributed by atoms with Crippen molar-refractivity contribution < 1.29 is 0 Å². The number of anilines is 1. The summed E-state index contributed by atoms with van der Waals surface area (Å²) in [6.07, 6.45) is 2.92. The highest BCUT2D eigenvalue weighted by Gasteiger charge is 2.17. The maximum atomic E-state index is 6.20.